The normalized spacial score (nSPS) is 12.7. The van der Waals surface area contributed by atoms with Crippen LogP contribution < -0.4 is 0 Å². The van der Waals surface area contributed by atoms with Gasteiger partial charge < -0.3 is 4.57 Å². The Balaban J connectivity index is 2.57. The van der Waals surface area contributed by atoms with Crippen LogP contribution in [0.25, 0.3) is 11.3 Å². The summed E-state index contributed by atoms with van der Waals surface area (Å²) in [5, 5.41) is 0. The van der Waals surface area contributed by atoms with Crippen molar-refractivity contribution >= 4 is 0 Å². The lowest BCUT2D eigenvalue weighted by Gasteiger charge is -2.12. The minimum Gasteiger partial charge on any atom is -0.337 e. The average Bonchev–Trinajstić information content (AvgIpc) is 2.71. The summed E-state index contributed by atoms with van der Waals surface area (Å²) in [6.07, 6.45) is 2.77. The number of aryl methyl sites for hydroxylation is 1. The van der Waals surface area contributed by atoms with Crippen LogP contribution in [0.3, 0.4) is 0 Å². The molecule has 1 aromatic carbocycles. The molecule has 1 atom stereocenters. The van der Waals surface area contributed by atoms with E-state index in [0.717, 1.165) is 17.8 Å². The number of rotatable bonds is 3. The molecule has 1 aromatic heterocycles. The van der Waals surface area contributed by atoms with Crippen LogP contribution in [-0.4, -0.2) is 9.55 Å². The Labute approximate surface area is 101 Å². The third-order valence-corrected chi connectivity index (χ3v) is 3.19. The zero-order valence-electron chi connectivity index (χ0n) is 10.4. The van der Waals surface area contributed by atoms with E-state index < -0.39 is 0 Å². The molecule has 0 radical (unpaired) electrons. The van der Waals surface area contributed by atoms with Gasteiger partial charge in [0.15, 0.2) is 0 Å². The van der Waals surface area contributed by atoms with E-state index in [0.29, 0.717) is 11.5 Å². The first kappa shape index (κ1) is 11.8. The summed E-state index contributed by atoms with van der Waals surface area (Å²) in [4.78, 5) is 4.34. The van der Waals surface area contributed by atoms with E-state index in [1.807, 2.05) is 17.7 Å². The van der Waals surface area contributed by atoms with Gasteiger partial charge in [0, 0.05) is 18.3 Å². The van der Waals surface area contributed by atoms with Crippen LogP contribution in [-0.2, 0) is 7.05 Å². The first-order valence-corrected chi connectivity index (χ1v) is 5.91. The zero-order chi connectivity index (χ0) is 12.4. The molecule has 1 heterocycles. The Morgan fingerprint density at radius 1 is 1.35 bits per heavy atom. The van der Waals surface area contributed by atoms with Gasteiger partial charge >= 0.3 is 0 Å². The largest absolute Gasteiger partial charge is 0.337 e. The SMILES string of the molecule is CCC(C)c1c(-c2ccccc2F)ncn1C. The first-order valence-electron chi connectivity index (χ1n) is 5.91. The van der Waals surface area contributed by atoms with Gasteiger partial charge in [0.1, 0.15) is 5.82 Å². The van der Waals surface area contributed by atoms with Crippen molar-refractivity contribution in [1.82, 2.24) is 9.55 Å². The Morgan fingerprint density at radius 3 is 2.71 bits per heavy atom. The Hall–Kier alpha value is -1.64. The molecular weight excluding hydrogens is 215 g/mol. The minimum absolute atomic E-state index is 0.212. The van der Waals surface area contributed by atoms with Gasteiger partial charge in [0.05, 0.1) is 12.0 Å². The summed E-state index contributed by atoms with van der Waals surface area (Å²) in [6, 6.07) is 6.80. The van der Waals surface area contributed by atoms with Gasteiger partial charge in [-0.1, -0.05) is 26.0 Å². The highest BCUT2D eigenvalue weighted by Crippen LogP contribution is 2.30. The molecule has 2 nitrogen and oxygen atoms in total. The number of hydrogen-bond donors (Lipinski definition) is 0. The smallest absolute Gasteiger partial charge is 0.132 e. The summed E-state index contributed by atoms with van der Waals surface area (Å²) >= 11 is 0. The predicted octanol–water partition coefficient (Wildman–Crippen LogP) is 3.74. The molecule has 90 valence electrons. The van der Waals surface area contributed by atoms with Crippen molar-refractivity contribution in [2.24, 2.45) is 7.05 Å². The molecule has 17 heavy (non-hydrogen) atoms. The molecule has 0 bridgehead atoms. The summed E-state index contributed by atoms with van der Waals surface area (Å²) in [5.74, 6) is 0.160. The highest BCUT2D eigenvalue weighted by Gasteiger charge is 2.18. The molecule has 0 aliphatic rings. The Morgan fingerprint density at radius 2 is 2.06 bits per heavy atom. The van der Waals surface area contributed by atoms with Crippen molar-refractivity contribution in [2.45, 2.75) is 26.2 Å². The third kappa shape index (κ3) is 2.09. The van der Waals surface area contributed by atoms with Crippen LogP contribution >= 0.6 is 0 Å². The van der Waals surface area contributed by atoms with Gasteiger partial charge in [0.25, 0.3) is 0 Å². The minimum atomic E-state index is -0.212. The molecule has 0 fully saturated rings. The van der Waals surface area contributed by atoms with E-state index in [1.165, 1.54) is 6.07 Å². The van der Waals surface area contributed by atoms with Crippen LogP contribution in [0.2, 0.25) is 0 Å². The van der Waals surface area contributed by atoms with E-state index in [9.17, 15) is 4.39 Å². The van der Waals surface area contributed by atoms with Crippen LogP contribution in [0, 0.1) is 5.82 Å². The lowest BCUT2D eigenvalue weighted by Crippen LogP contribution is -2.02. The van der Waals surface area contributed by atoms with Gasteiger partial charge in [-0.3, -0.25) is 0 Å². The molecule has 0 aliphatic carbocycles. The van der Waals surface area contributed by atoms with E-state index in [1.54, 1.807) is 18.5 Å². The Bertz CT molecular complexity index is 517. The molecular formula is C14H17FN2. The maximum absolute atomic E-state index is 13.8. The molecule has 1 unspecified atom stereocenters. The van der Waals surface area contributed by atoms with E-state index in [4.69, 9.17) is 0 Å². The Kier molecular flexibility index (Phi) is 3.27. The third-order valence-electron chi connectivity index (χ3n) is 3.19. The number of imidazole rings is 1. The fraction of sp³-hybridized carbons (Fsp3) is 0.357. The molecule has 0 amide bonds. The van der Waals surface area contributed by atoms with Crippen molar-refractivity contribution in [2.75, 3.05) is 0 Å². The molecule has 0 saturated carbocycles. The van der Waals surface area contributed by atoms with Crippen LogP contribution in [0.5, 0.6) is 0 Å². The summed E-state index contributed by atoms with van der Waals surface area (Å²) in [5.41, 5.74) is 2.45. The van der Waals surface area contributed by atoms with Crippen LogP contribution in [0.15, 0.2) is 30.6 Å². The topological polar surface area (TPSA) is 17.8 Å². The van der Waals surface area contributed by atoms with Gasteiger partial charge in [-0.2, -0.15) is 0 Å². The molecule has 2 aromatic rings. The average molecular weight is 232 g/mol. The first-order chi connectivity index (χ1) is 8.15. The zero-order valence-corrected chi connectivity index (χ0v) is 10.4. The van der Waals surface area contributed by atoms with Gasteiger partial charge in [-0.25, -0.2) is 9.37 Å². The highest BCUT2D eigenvalue weighted by atomic mass is 19.1. The number of aromatic nitrogens is 2. The van der Waals surface area contributed by atoms with Crippen LogP contribution in [0.1, 0.15) is 31.9 Å². The quantitative estimate of drug-likeness (QED) is 0.788. The summed E-state index contributed by atoms with van der Waals surface area (Å²) in [7, 11) is 1.96. The molecule has 2 rings (SSSR count). The molecule has 3 heteroatoms. The van der Waals surface area contributed by atoms with Crippen molar-refractivity contribution in [3.63, 3.8) is 0 Å². The number of halogens is 1. The van der Waals surface area contributed by atoms with Gasteiger partial charge in [0.2, 0.25) is 0 Å². The summed E-state index contributed by atoms with van der Waals surface area (Å²) in [6.45, 7) is 4.27. The molecule has 0 spiro atoms. The van der Waals surface area contributed by atoms with Gasteiger partial charge in [-0.05, 0) is 24.5 Å². The second-order valence-electron chi connectivity index (χ2n) is 4.38. The number of nitrogens with zero attached hydrogens (tertiary/aromatic N) is 2. The lowest BCUT2D eigenvalue weighted by molar-refractivity contribution is 0.628. The fourth-order valence-corrected chi connectivity index (χ4v) is 2.07. The highest BCUT2D eigenvalue weighted by molar-refractivity contribution is 5.63. The van der Waals surface area contributed by atoms with E-state index in [-0.39, 0.29) is 5.82 Å². The van der Waals surface area contributed by atoms with E-state index in [2.05, 4.69) is 18.8 Å². The maximum atomic E-state index is 13.8. The number of hydrogen-bond acceptors (Lipinski definition) is 1. The standard InChI is InChI=1S/C14H17FN2/c1-4-10(2)14-13(16-9-17(14)3)11-7-5-6-8-12(11)15/h5-10H,4H2,1-3H3. The van der Waals surface area contributed by atoms with Crippen molar-refractivity contribution in [3.8, 4) is 11.3 Å². The maximum Gasteiger partial charge on any atom is 0.132 e. The lowest BCUT2D eigenvalue weighted by atomic mass is 9.99. The summed E-state index contributed by atoms with van der Waals surface area (Å²) < 4.78 is 15.8. The second-order valence-corrected chi connectivity index (χ2v) is 4.38. The predicted molar refractivity (Wildman–Crippen MR) is 67.3 cm³/mol. The molecule has 0 N–H and O–H groups in total. The van der Waals surface area contributed by atoms with Crippen LogP contribution in [0.4, 0.5) is 4.39 Å². The van der Waals surface area contributed by atoms with Crippen molar-refractivity contribution in [1.29, 1.82) is 0 Å². The molecule has 0 saturated heterocycles. The number of benzene rings is 1. The second kappa shape index (κ2) is 4.70. The monoisotopic (exact) mass is 232 g/mol. The van der Waals surface area contributed by atoms with Gasteiger partial charge in [-0.15, -0.1) is 0 Å². The molecule has 0 aliphatic heterocycles. The van der Waals surface area contributed by atoms with E-state index >= 15 is 0 Å². The van der Waals surface area contributed by atoms with Crippen molar-refractivity contribution < 1.29 is 4.39 Å². The van der Waals surface area contributed by atoms with Crippen molar-refractivity contribution in [3.05, 3.63) is 42.1 Å². The fourth-order valence-electron chi connectivity index (χ4n) is 2.07.